The smallest absolute Gasteiger partial charge is 0.387 e. The van der Waals surface area contributed by atoms with Crippen LogP contribution in [0.1, 0.15) is 10.7 Å². The Hall–Kier alpha value is -1.96. The van der Waals surface area contributed by atoms with Crippen molar-refractivity contribution < 1.29 is 17.9 Å². The monoisotopic (exact) mass is 317 g/mol. The van der Waals surface area contributed by atoms with E-state index < -0.39 is 18.2 Å². The van der Waals surface area contributed by atoms with E-state index in [-0.39, 0.29) is 5.69 Å². The van der Waals surface area contributed by atoms with Crippen LogP contribution >= 0.6 is 11.3 Å². The number of anilines is 2. The number of ether oxygens (including phenoxy) is 1. The number of aromatic nitrogens is 1. The summed E-state index contributed by atoms with van der Waals surface area (Å²) in [5.74, 6) is -1.46. The van der Waals surface area contributed by atoms with Crippen molar-refractivity contribution in [1.82, 2.24) is 4.98 Å². The zero-order chi connectivity index (χ0) is 15.4. The number of hydrogen-bond acceptors (Lipinski definition) is 5. The first-order valence-electron chi connectivity index (χ1n) is 6.14. The minimum absolute atomic E-state index is 0.129. The standard InChI is InChI=1S/C13H14F3N3OS/c1-7-6-21-12(19-7)2-3-18-10-5-11(20-13(15)16)8(14)4-9(10)17/h4-6,13,18H,2-3,17H2,1H3. The molecule has 21 heavy (non-hydrogen) atoms. The maximum Gasteiger partial charge on any atom is 0.387 e. The molecule has 1 aromatic carbocycles. The molecule has 0 atom stereocenters. The van der Waals surface area contributed by atoms with Crippen LogP contribution in [0.5, 0.6) is 5.75 Å². The van der Waals surface area contributed by atoms with E-state index in [0.29, 0.717) is 18.7 Å². The van der Waals surface area contributed by atoms with Crippen LogP contribution in [0.25, 0.3) is 0 Å². The van der Waals surface area contributed by atoms with Crippen molar-refractivity contribution in [3.63, 3.8) is 0 Å². The Kier molecular flexibility index (Phi) is 4.89. The Morgan fingerprint density at radius 3 is 2.81 bits per heavy atom. The van der Waals surface area contributed by atoms with Gasteiger partial charge in [0.25, 0.3) is 0 Å². The molecular weight excluding hydrogens is 303 g/mol. The van der Waals surface area contributed by atoms with Gasteiger partial charge in [-0.3, -0.25) is 0 Å². The van der Waals surface area contributed by atoms with Crippen molar-refractivity contribution in [1.29, 1.82) is 0 Å². The van der Waals surface area contributed by atoms with Crippen LogP contribution in [0.15, 0.2) is 17.5 Å². The topological polar surface area (TPSA) is 60.2 Å². The van der Waals surface area contributed by atoms with Crippen molar-refractivity contribution in [2.45, 2.75) is 20.0 Å². The van der Waals surface area contributed by atoms with Gasteiger partial charge >= 0.3 is 6.61 Å². The van der Waals surface area contributed by atoms with Gasteiger partial charge in [0.05, 0.1) is 16.4 Å². The van der Waals surface area contributed by atoms with E-state index in [9.17, 15) is 13.2 Å². The molecule has 0 aliphatic heterocycles. The summed E-state index contributed by atoms with van der Waals surface area (Å²) < 4.78 is 41.8. The first-order chi connectivity index (χ1) is 9.95. The molecule has 1 heterocycles. The predicted octanol–water partition coefficient (Wildman–Crippen LogP) is 3.43. The van der Waals surface area contributed by atoms with Gasteiger partial charge in [-0.05, 0) is 6.92 Å². The molecule has 0 aliphatic rings. The molecule has 0 radical (unpaired) electrons. The lowest BCUT2D eigenvalue weighted by Gasteiger charge is -2.12. The lowest BCUT2D eigenvalue weighted by molar-refractivity contribution is -0.0521. The van der Waals surface area contributed by atoms with Gasteiger partial charge in [0.1, 0.15) is 0 Å². The molecule has 0 saturated heterocycles. The van der Waals surface area contributed by atoms with Crippen LogP contribution in [0.2, 0.25) is 0 Å². The number of rotatable bonds is 6. The second-order valence-electron chi connectivity index (χ2n) is 4.31. The van der Waals surface area contributed by atoms with Gasteiger partial charge in [0, 0.05) is 36.2 Å². The molecule has 0 fully saturated rings. The first-order valence-corrected chi connectivity index (χ1v) is 7.02. The first kappa shape index (κ1) is 15.4. The number of nitrogen functional groups attached to an aromatic ring is 1. The number of thiazole rings is 1. The van der Waals surface area contributed by atoms with Crippen molar-refractivity contribution >= 4 is 22.7 Å². The third kappa shape index (κ3) is 4.25. The highest BCUT2D eigenvalue weighted by Gasteiger charge is 2.13. The van der Waals surface area contributed by atoms with Gasteiger partial charge in [-0.2, -0.15) is 8.78 Å². The molecule has 3 N–H and O–H groups in total. The fraction of sp³-hybridized carbons (Fsp3) is 0.308. The maximum atomic E-state index is 13.4. The Morgan fingerprint density at radius 1 is 1.43 bits per heavy atom. The highest BCUT2D eigenvalue weighted by Crippen LogP contribution is 2.29. The number of nitrogens with zero attached hydrogens (tertiary/aromatic N) is 1. The fourth-order valence-corrected chi connectivity index (χ4v) is 2.51. The fourth-order valence-electron chi connectivity index (χ4n) is 1.73. The number of hydrogen-bond donors (Lipinski definition) is 2. The molecule has 114 valence electrons. The highest BCUT2D eigenvalue weighted by molar-refractivity contribution is 7.09. The molecule has 1 aromatic heterocycles. The van der Waals surface area contributed by atoms with E-state index in [1.54, 1.807) is 0 Å². The van der Waals surface area contributed by atoms with Crippen molar-refractivity contribution in [2.75, 3.05) is 17.6 Å². The van der Waals surface area contributed by atoms with Crippen LogP contribution in [0, 0.1) is 12.7 Å². The molecule has 0 bridgehead atoms. The number of alkyl halides is 2. The second kappa shape index (κ2) is 6.66. The minimum atomic E-state index is -3.09. The molecule has 0 spiro atoms. The zero-order valence-corrected chi connectivity index (χ0v) is 12.0. The van der Waals surface area contributed by atoms with Crippen molar-refractivity contribution in [3.05, 3.63) is 34.0 Å². The number of nitrogens with two attached hydrogens (primary N) is 1. The van der Waals surface area contributed by atoms with Gasteiger partial charge in [-0.25, -0.2) is 9.37 Å². The summed E-state index contributed by atoms with van der Waals surface area (Å²) in [7, 11) is 0. The van der Waals surface area contributed by atoms with E-state index >= 15 is 0 Å². The molecular formula is C13H14F3N3OS. The number of nitrogens with one attached hydrogen (secondary N) is 1. The third-order valence-corrected chi connectivity index (χ3v) is 3.67. The van der Waals surface area contributed by atoms with E-state index in [2.05, 4.69) is 15.0 Å². The summed E-state index contributed by atoms with van der Waals surface area (Å²) >= 11 is 1.54. The van der Waals surface area contributed by atoms with Gasteiger partial charge < -0.3 is 15.8 Å². The summed E-state index contributed by atoms with van der Waals surface area (Å²) in [6.45, 7) is -0.690. The van der Waals surface area contributed by atoms with Crippen molar-refractivity contribution in [2.24, 2.45) is 0 Å². The van der Waals surface area contributed by atoms with Gasteiger partial charge in [-0.15, -0.1) is 11.3 Å². The zero-order valence-electron chi connectivity index (χ0n) is 11.2. The van der Waals surface area contributed by atoms with E-state index in [4.69, 9.17) is 5.73 Å². The van der Waals surface area contributed by atoms with Crippen LogP contribution in [-0.4, -0.2) is 18.1 Å². The second-order valence-corrected chi connectivity index (χ2v) is 5.25. The van der Waals surface area contributed by atoms with E-state index in [0.717, 1.165) is 22.8 Å². The Balaban J connectivity index is 2.01. The minimum Gasteiger partial charge on any atom is -0.432 e. The number of aryl methyl sites for hydroxylation is 1. The maximum absolute atomic E-state index is 13.4. The molecule has 2 rings (SSSR count). The van der Waals surface area contributed by atoms with E-state index in [1.165, 1.54) is 11.3 Å². The molecule has 0 unspecified atom stereocenters. The summed E-state index contributed by atoms with van der Waals surface area (Å²) in [6, 6.07) is 2.08. The normalized spacial score (nSPS) is 10.9. The number of benzene rings is 1. The molecule has 0 saturated carbocycles. The third-order valence-electron chi connectivity index (χ3n) is 2.64. The van der Waals surface area contributed by atoms with Crippen LogP contribution < -0.4 is 15.8 Å². The highest BCUT2D eigenvalue weighted by atomic mass is 32.1. The summed E-state index contributed by atoms with van der Waals surface area (Å²) in [5, 5.41) is 5.85. The summed E-state index contributed by atoms with van der Waals surface area (Å²) in [6.07, 6.45) is 0.653. The SMILES string of the molecule is Cc1csc(CCNc2cc(OC(F)F)c(F)cc2N)n1. The van der Waals surface area contributed by atoms with Crippen molar-refractivity contribution in [3.8, 4) is 5.75 Å². The number of halogens is 3. The van der Waals surface area contributed by atoms with Gasteiger partial charge in [-0.1, -0.05) is 0 Å². The van der Waals surface area contributed by atoms with Gasteiger partial charge in [0.2, 0.25) is 0 Å². The van der Waals surface area contributed by atoms with E-state index in [1.807, 2.05) is 12.3 Å². The summed E-state index contributed by atoms with van der Waals surface area (Å²) in [4.78, 5) is 4.30. The molecule has 4 nitrogen and oxygen atoms in total. The Morgan fingerprint density at radius 2 is 2.19 bits per heavy atom. The lowest BCUT2D eigenvalue weighted by Crippen LogP contribution is -2.09. The predicted molar refractivity (Wildman–Crippen MR) is 76.5 cm³/mol. The molecule has 0 aliphatic carbocycles. The largest absolute Gasteiger partial charge is 0.432 e. The average molecular weight is 317 g/mol. The lowest BCUT2D eigenvalue weighted by atomic mass is 10.2. The quantitative estimate of drug-likeness (QED) is 0.801. The Bertz CT molecular complexity index is 619. The van der Waals surface area contributed by atoms with Gasteiger partial charge in [0.15, 0.2) is 11.6 Å². The van der Waals surface area contributed by atoms with Crippen LogP contribution in [0.3, 0.4) is 0 Å². The van der Waals surface area contributed by atoms with Crippen LogP contribution in [0.4, 0.5) is 24.5 Å². The summed E-state index contributed by atoms with van der Waals surface area (Å²) in [5.41, 5.74) is 7.07. The molecule has 8 heteroatoms. The Labute approximate surface area is 123 Å². The van der Waals surface area contributed by atoms with Crippen LogP contribution in [-0.2, 0) is 6.42 Å². The molecule has 2 aromatic rings. The molecule has 0 amide bonds. The average Bonchev–Trinajstić information content (AvgIpc) is 2.80.